The molecule has 1 aliphatic rings. The third-order valence-corrected chi connectivity index (χ3v) is 4.17. The molecule has 146 valence electrons. The minimum atomic E-state index is -0.246. The van der Waals surface area contributed by atoms with E-state index in [4.69, 9.17) is 11.2 Å². The predicted molar refractivity (Wildman–Crippen MR) is 103 cm³/mol. The number of nitrogens with one attached hydrogen (secondary N) is 2. The van der Waals surface area contributed by atoms with Gasteiger partial charge in [-0.05, 0) is 44.4 Å². The van der Waals surface area contributed by atoms with Gasteiger partial charge in [-0.15, -0.1) is 17.4 Å². The molecule has 1 saturated carbocycles. The zero-order chi connectivity index (χ0) is 19.9. The average Bonchev–Trinajstić information content (AvgIpc) is 3.37. The smallest absolute Gasteiger partial charge is 0.273 e. The predicted octanol–water partition coefficient (Wildman–Crippen LogP) is 1.70. The second kappa shape index (κ2) is 9.04. The fourth-order valence-corrected chi connectivity index (χ4v) is 2.55. The molecule has 0 saturated heterocycles. The summed E-state index contributed by atoms with van der Waals surface area (Å²) in [6.07, 6.45) is 10.1. The fraction of sp³-hybridized carbons (Fsp3) is 0.400. The summed E-state index contributed by atoms with van der Waals surface area (Å²) in [7, 11) is 0. The standard InChI is InChI=1S/C20H23N5O3/c1-3-5-6-11-28-18-12-14(19(26)21-4-2)7-10-17(18)25-13-16(23-24-25)20(27)22-15-8-9-15/h1,7,10,12-13,15H,4-6,8-9,11H2,2H3,(H,21,26)(H,22,27). The molecular formula is C20H23N5O3. The molecule has 0 atom stereocenters. The minimum Gasteiger partial charge on any atom is -0.491 e. The number of amides is 2. The van der Waals surface area contributed by atoms with Crippen LogP contribution in [0.5, 0.6) is 5.75 Å². The number of hydrogen-bond acceptors (Lipinski definition) is 5. The van der Waals surface area contributed by atoms with Crippen molar-refractivity contribution >= 4 is 11.8 Å². The van der Waals surface area contributed by atoms with E-state index in [1.807, 2.05) is 6.92 Å². The highest BCUT2D eigenvalue weighted by atomic mass is 16.5. The maximum absolute atomic E-state index is 12.2. The van der Waals surface area contributed by atoms with E-state index in [0.29, 0.717) is 43.0 Å². The van der Waals surface area contributed by atoms with Crippen molar-refractivity contribution in [3.05, 3.63) is 35.7 Å². The summed E-state index contributed by atoms with van der Waals surface area (Å²) >= 11 is 0. The summed E-state index contributed by atoms with van der Waals surface area (Å²) in [5.41, 5.74) is 1.30. The van der Waals surface area contributed by atoms with Crippen molar-refractivity contribution in [2.75, 3.05) is 13.2 Å². The Bertz CT molecular complexity index is 895. The Hall–Kier alpha value is -3.34. The van der Waals surface area contributed by atoms with Gasteiger partial charge in [0, 0.05) is 24.6 Å². The van der Waals surface area contributed by atoms with Gasteiger partial charge in [0.15, 0.2) is 5.69 Å². The van der Waals surface area contributed by atoms with E-state index in [-0.39, 0.29) is 23.6 Å². The molecule has 0 bridgehead atoms. The lowest BCUT2D eigenvalue weighted by molar-refractivity contribution is 0.0941. The van der Waals surface area contributed by atoms with Gasteiger partial charge in [-0.1, -0.05) is 5.21 Å². The van der Waals surface area contributed by atoms with Crippen LogP contribution in [0.4, 0.5) is 0 Å². The normalized spacial score (nSPS) is 12.9. The van der Waals surface area contributed by atoms with Gasteiger partial charge in [0.25, 0.3) is 11.8 Å². The van der Waals surface area contributed by atoms with Gasteiger partial charge in [-0.3, -0.25) is 9.59 Å². The van der Waals surface area contributed by atoms with Crippen LogP contribution in [0, 0.1) is 12.3 Å². The first-order chi connectivity index (χ1) is 13.6. The maximum Gasteiger partial charge on any atom is 0.273 e. The van der Waals surface area contributed by atoms with E-state index < -0.39 is 0 Å². The van der Waals surface area contributed by atoms with Gasteiger partial charge in [0.2, 0.25) is 0 Å². The Balaban J connectivity index is 1.83. The zero-order valence-corrected chi connectivity index (χ0v) is 15.8. The van der Waals surface area contributed by atoms with Crippen molar-refractivity contribution in [1.29, 1.82) is 0 Å². The third kappa shape index (κ3) is 4.88. The number of aromatic nitrogens is 3. The molecule has 1 fully saturated rings. The molecule has 8 heteroatoms. The Morgan fingerprint density at radius 2 is 2.18 bits per heavy atom. The summed E-state index contributed by atoms with van der Waals surface area (Å²) in [5, 5.41) is 13.6. The molecule has 3 rings (SSSR count). The highest BCUT2D eigenvalue weighted by Crippen LogP contribution is 2.25. The van der Waals surface area contributed by atoms with Crippen LogP contribution < -0.4 is 15.4 Å². The van der Waals surface area contributed by atoms with Gasteiger partial charge >= 0.3 is 0 Å². The molecule has 1 aromatic carbocycles. The molecule has 28 heavy (non-hydrogen) atoms. The largest absolute Gasteiger partial charge is 0.491 e. The number of hydrogen-bond donors (Lipinski definition) is 2. The van der Waals surface area contributed by atoms with Crippen LogP contribution >= 0.6 is 0 Å². The van der Waals surface area contributed by atoms with E-state index in [9.17, 15) is 9.59 Å². The number of benzene rings is 1. The number of carbonyl (C=O) groups excluding carboxylic acids is 2. The van der Waals surface area contributed by atoms with Crippen molar-refractivity contribution in [1.82, 2.24) is 25.6 Å². The van der Waals surface area contributed by atoms with Crippen LogP contribution in [0.25, 0.3) is 5.69 Å². The first-order valence-corrected chi connectivity index (χ1v) is 9.34. The molecule has 2 aromatic rings. The summed E-state index contributed by atoms with van der Waals surface area (Å²) in [6, 6.07) is 5.30. The summed E-state index contributed by atoms with van der Waals surface area (Å²) in [6.45, 7) is 2.79. The van der Waals surface area contributed by atoms with Gasteiger partial charge in [0.05, 0.1) is 12.8 Å². The number of terminal acetylenes is 1. The minimum absolute atomic E-state index is 0.189. The van der Waals surface area contributed by atoms with E-state index in [1.54, 1.807) is 24.4 Å². The van der Waals surface area contributed by atoms with Gasteiger partial charge in [-0.2, -0.15) is 0 Å². The Morgan fingerprint density at radius 1 is 1.36 bits per heavy atom. The van der Waals surface area contributed by atoms with Crippen LogP contribution in [-0.4, -0.2) is 46.0 Å². The van der Waals surface area contributed by atoms with Crippen LogP contribution in [-0.2, 0) is 0 Å². The first kappa shape index (κ1) is 19.4. The summed E-state index contributed by atoms with van der Waals surface area (Å²) in [4.78, 5) is 24.3. The number of ether oxygens (including phenoxy) is 1. The van der Waals surface area contributed by atoms with Crippen molar-refractivity contribution in [3.63, 3.8) is 0 Å². The second-order valence-electron chi connectivity index (χ2n) is 6.49. The van der Waals surface area contributed by atoms with Gasteiger partial charge < -0.3 is 15.4 Å². The average molecular weight is 381 g/mol. The number of unbranched alkanes of at least 4 members (excludes halogenated alkanes) is 1. The fourth-order valence-electron chi connectivity index (χ4n) is 2.55. The van der Waals surface area contributed by atoms with E-state index >= 15 is 0 Å². The van der Waals surface area contributed by atoms with Crippen molar-refractivity contribution in [2.45, 2.75) is 38.6 Å². The number of rotatable bonds is 9. The molecule has 1 heterocycles. The molecule has 0 aliphatic heterocycles. The van der Waals surface area contributed by atoms with E-state index in [0.717, 1.165) is 12.8 Å². The van der Waals surface area contributed by atoms with Gasteiger partial charge in [0.1, 0.15) is 11.4 Å². The molecule has 0 radical (unpaired) electrons. The Morgan fingerprint density at radius 3 is 2.89 bits per heavy atom. The SMILES string of the molecule is C#CCCCOc1cc(C(=O)NCC)ccc1-n1cc(C(=O)NC2CC2)nn1. The first-order valence-electron chi connectivity index (χ1n) is 9.34. The maximum atomic E-state index is 12.2. The molecule has 8 nitrogen and oxygen atoms in total. The Labute approximate surface area is 163 Å². The lowest BCUT2D eigenvalue weighted by atomic mass is 10.1. The monoisotopic (exact) mass is 381 g/mol. The van der Waals surface area contributed by atoms with E-state index in [2.05, 4.69) is 26.9 Å². The molecule has 1 aliphatic carbocycles. The number of carbonyl (C=O) groups is 2. The molecule has 0 spiro atoms. The lowest BCUT2D eigenvalue weighted by Gasteiger charge is -2.12. The van der Waals surface area contributed by atoms with Crippen LogP contribution in [0.1, 0.15) is 53.5 Å². The topological polar surface area (TPSA) is 98.1 Å². The molecule has 1 aromatic heterocycles. The highest BCUT2D eigenvalue weighted by Gasteiger charge is 2.25. The van der Waals surface area contributed by atoms with Crippen LogP contribution in [0.15, 0.2) is 24.4 Å². The van der Waals surface area contributed by atoms with Gasteiger partial charge in [-0.25, -0.2) is 4.68 Å². The van der Waals surface area contributed by atoms with Crippen molar-refractivity contribution in [3.8, 4) is 23.8 Å². The van der Waals surface area contributed by atoms with Crippen LogP contribution in [0.3, 0.4) is 0 Å². The summed E-state index contributed by atoms with van der Waals surface area (Å²) < 4.78 is 7.31. The zero-order valence-electron chi connectivity index (χ0n) is 15.8. The summed E-state index contributed by atoms with van der Waals surface area (Å²) in [5.74, 6) is 2.60. The molecule has 2 N–H and O–H groups in total. The van der Waals surface area contributed by atoms with Crippen molar-refractivity contribution < 1.29 is 14.3 Å². The second-order valence-corrected chi connectivity index (χ2v) is 6.49. The molecule has 0 unspecified atom stereocenters. The Kier molecular flexibility index (Phi) is 6.27. The highest BCUT2D eigenvalue weighted by molar-refractivity contribution is 5.95. The molecule has 2 amide bonds. The van der Waals surface area contributed by atoms with Crippen molar-refractivity contribution in [2.24, 2.45) is 0 Å². The number of nitrogens with zero attached hydrogens (tertiary/aromatic N) is 3. The van der Waals surface area contributed by atoms with E-state index in [1.165, 1.54) is 4.68 Å². The molecular weight excluding hydrogens is 358 g/mol. The quantitative estimate of drug-likeness (QED) is 0.509. The third-order valence-electron chi connectivity index (χ3n) is 4.17. The van der Waals surface area contributed by atoms with Crippen LogP contribution in [0.2, 0.25) is 0 Å². The lowest BCUT2D eigenvalue weighted by Crippen LogP contribution is -2.25.